The van der Waals surface area contributed by atoms with Crippen molar-refractivity contribution in [1.29, 1.82) is 0 Å². The lowest BCUT2D eigenvalue weighted by atomic mass is 10.0. The molecule has 1 saturated heterocycles. The van der Waals surface area contributed by atoms with Crippen LogP contribution in [0.1, 0.15) is 38.7 Å². The van der Waals surface area contributed by atoms with Gasteiger partial charge in [-0.15, -0.1) is 0 Å². The molecular weight excluding hydrogens is 338 g/mol. The largest absolute Gasteiger partial charge is 0.434 e. The van der Waals surface area contributed by atoms with Gasteiger partial charge in [0.2, 0.25) is 0 Å². The molecule has 2 N–H and O–H groups in total. The monoisotopic (exact) mass is 368 g/mol. The number of piperidine rings is 1. The first kappa shape index (κ1) is 20.4. The van der Waals surface area contributed by atoms with Crippen LogP contribution in [-0.4, -0.2) is 49.7 Å². The van der Waals surface area contributed by atoms with Crippen molar-refractivity contribution in [3.8, 4) is 5.75 Å². The standard InChI is InChI=1S/C19H30F2N4O/c1-14-8-6-7-11-25(14)15(2)12-23-19(22-3)24-13-16-9-4-5-10-17(16)26-18(20)21/h4-5,9-10,14-15,18H,6-8,11-13H2,1-3H3,(H2,22,23,24). The molecule has 2 rings (SSSR count). The third-order valence-electron chi connectivity index (χ3n) is 4.84. The summed E-state index contributed by atoms with van der Waals surface area (Å²) in [6, 6.07) is 7.78. The van der Waals surface area contributed by atoms with Gasteiger partial charge in [0.25, 0.3) is 0 Å². The fraction of sp³-hybridized carbons (Fsp3) is 0.632. The molecule has 26 heavy (non-hydrogen) atoms. The van der Waals surface area contributed by atoms with Crippen LogP contribution >= 0.6 is 0 Å². The third-order valence-corrected chi connectivity index (χ3v) is 4.84. The van der Waals surface area contributed by atoms with E-state index in [-0.39, 0.29) is 5.75 Å². The Morgan fingerprint density at radius 1 is 1.31 bits per heavy atom. The Labute approximate surface area is 154 Å². The second kappa shape index (κ2) is 10.3. The average molecular weight is 368 g/mol. The van der Waals surface area contributed by atoms with Gasteiger partial charge in [-0.2, -0.15) is 8.78 Å². The van der Waals surface area contributed by atoms with Gasteiger partial charge in [-0.3, -0.25) is 9.89 Å². The number of nitrogens with one attached hydrogen (secondary N) is 2. The molecule has 0 bridgehead atoms. The molecular formula is C19H30F2N4O. The van der Waals surface area contributed by atoms with E-state index in [0.717, 1.165) is 13.1 Å². The number of hydrogen-bond acceptors (Lipinski definition) is 3. The quantitative estimate of drug-likeness (QED) is 0.573. The molecule has 7 heteroatoms. The van der Waals surface area contributed by atoms with E-state index in [1.54, 1.807) is 31.3 Å². The summed E-state index contributed by atoms with van der Waals surface area (Å²) >= 11 is 0. The zero-order valence-corrected chi connectivity index (χ0v) is 15.8. The molecule has 1 aromatic carbocycles. The number of alkyl halides is 2. The molecule has 0 amide bonds. The van der Waals surface area contributed by atoms with Gasteiger partial charge in [-0.05, 0) is 39.3 Å². The number of para-hydroxylation sites is 1. The molecule has 5 nitrogen and oxygen atoms in total. The van der Waals surface area contributed by atoms with Crippen molar-refractivity contribution in [1.82, 2.24) is 15.5 Å². The lowest BCUT2D eigenvalue weighted by Crippen LogP contribution is -2.50. The maximum atomic E-state index is 12.5. The summed E-state index contributed by atoms with van der Waals surface area (Å²) in [6.45, 7) is 3.93. The molecule has 0 aliphatic carbocycles. The van der Waals surface area contributed by atoms with Crippen LogP contribution in [0.4, 0.5) is 8.78 Å². The number of aliphatic imine (C=N–C) groups is 1. The maximum absolute atomic E-state index is 12.5. The fourth-order valence-electron chi connectivity index (χ4n) is 3.40. The minimum atomic E-state index is -2.83. The first-order valence-corrected chi connectivity index (χ1v) is 9.24. The average Bonchev–Trinajstić information content (AvgIpc) is 2.62. The fourth-order valence-corrected chi connectivity index (χ4v) is 3.40. The SMILES string of the molecule is CN=C(NCc1ccccc1OC(F)F)NCC(C)N1CCCCC1C. The Morgan fingerprint density at radius 3 is 2.77 bits per heavy atom. The van der Waals surface area contributed by atoms with Crippen LogP contribution in [0.15, 0.2) is 29.3 Å². The van der Waals surface area contributed by atoms with Crippen LogP contribution in [0.5, 0.6) is 5.75 Å². The molecule has 1 aliphatic rings. The first-order chi connectivity index (χ1) is 12.5. The van der Waals surface area contributed by atoms with Crippen LogP contribution in [0.2, 0.25) is 0 Å². The van der Waals surface area contributed by atoms with E-state index in [1.165, 1.54) is 19.3 Å². The minimum Gasteiger partial charge on any atom is -0.434 e. The van der Waals surface area contributed by atoms with Crippen LogP contribution in [0.3, 0.4) is 0 Å². The van der Waals surface area contributed by atoms with Crippen molar-refractivity contribution in [2.24, 2.45) is 4.99 Å². The second-order valence-corrected chi connectivity index (χ2v) is 6.72. The minimum absolute atomic E-state index is 0.181. The van der Waals surface area contributed by atoms with Crippen molar-refractivity contribution in [3.05, 3.63) is 29.8 Å². The van der Waals surface area contributed by atoms with Gasteiger partial charge < -0.3 is 15.4 Å². The molecule has 1 aromatic rings. The molecule has 0 saturated carbocycles. The molecule has 1 fully saturated rings. The van der Waals surface area contributed by atoms with E-state index >= 15 is 0 Å². The highest BCUT2D eigenvalue weighted by molar-refractivity contribution is 5.79. The van der Waals surface area contributed by atoms with E-state index in [0.29, 0.717) is 30.2 Å². The summed E-state index contributed by atoms with van der Waals surface area (Å²) in [5, 5.41) is 6.49. The summed E-state index contributed by atoms with van der Waals surface area (Å²) in [7, 11) is 1.70. The molecule has 146 valence electrons. The number of nitrogens with zero attached hydrogens (tertiary/aromatic N) is 2. The summed E-state index contributed by atoms with van der Waals surface area (Å²) in [5.74, 6) is 0.828. The summed E-state index contributed by atoms with van der Waals surface area (Å²) < 4.78 is 29.6. The van der Waals surface area contributed by atoms with E-state index in [2.05, 4.69) is 39.1 Å². The zero-order chi connectivity index (χ0) is 18.9. The van der Waals surface area contributed by atoms with Gasteiger partial charge in [0.15, 0.2) is 5.96 Å². The van der Waals surface area contributed by atoms with Gasteiger partial charge >= 0.3 is 6.61 Å². The van der Waals surface area contributed by atoms with Crippen LogP contribution in [-0.2, 0) is 6.54 Å². The van der Waals surface area contributed by atoms with Crippen molar-refractivity contribution in [2.45, 2.75) is 58.3 Å². The van der Waals surface area contributed by atoms with Crippen LogP contribution < -0.4 is 15.4 Å². The molecule has 2 atom stereocenters. The Bertz CT molecular complexity index is 582. The van der Waals surface area contributed by atoms with Gasteiger partial charge in [-0.1, -0.05) is 24.6 Å². The van der Waals surface area contributed by atoms with Crippen LogP contribution in [0, 0.1) is 0 Å². The topological polar surface area (TPSA) is 48.9 Å². The van der Waals surface area contributed by atoms with E-state index < -0.39 is 6.61 Å². The van der Waals surface area contributed by atoms with Crippen molar-refractivity contribution in [2.75, 3.05) is 20.1 Å². The Kier molecular flexibility index (Phi) is 8.09. The summed E-state index contributed by atoms with van der Waals surface area (Å²) in [5.41, 5.74) is 0.661. The zero-order valence-electron chi connectivity index (χ0n) is 15.8. The Hall–Kier alpha value is -1.89. The van der Waals surface area contributed by atoms with Crippen molar-refractivity contribution < 1.29 is 13.5 Å². The predicted molar refractivity (Wildman–Crippen MR) is 101 cm³/mol. The first-order valence-electron chi connectivity index (χ1n) is 9.24. The van der Waals surface area contributed by atoms with Crippen molar-refractivity contribution in [3.63, 3.8) is 0 Å². The second-order valence-electron chi connectivity index (χ2n) is 6.72. The lowest BCUT2D eigenvalue weighted by Gasteiger charge is -2.38. The van der Waals surface area contributed by atoms with Gasteiger partial charge in [0.05, 0.1) is 0 Å². The number of rotatable bonds is 7. The molecule has 0 aromatic heterocycles. The Balaban J connectivity index is 1.84. The molecule has 0 radical (unpaired) electrons. The molecule has 0 spiro atoms. The highest BCUT2D eigenvalue weighted by Crippen LogP contribution is 2.20. The highest BCUT2D eigenvalue weighted by Gasteiger charge is 2.23. The Morgan fingerprint density at radius 2 is 2.08 bits per heavy atom. The maximum Gasteiger partial charge on any atom is 0.387 e. The highest BCUT2D eigenvalue weighted by atomic mass is 19.3. The molecule has 2 unspecified atom stereocenters. The lowest BCUT2D eigenvalue weighted by molar-refractivity contribution is -0.0504. The summed E-state index contributed by atoms with van der Waals surface area (Å²) in [4.78, 5) is 6.74. The van der Waals surface area contributed by atoms with E-state index in [4.69, 9.17) is 0 Å². The van der Waals surface area contributed by atoms with Crippen LogP contribution in [0.25, 0.3) is 0 Å². The normalized spacial score (nSPS) is 20.1. The third kappa shape index (κ3) is 6.12. The predicted octanol–water partition coefficient (Wildman–Crippen LogP) is 3.22. The number of hydrogen-bond donors (Lipinski definition) is 2. The van der Waals surface area contributed by atoms with E-state index in [9.17, 15) is 8.78 Å². The molecule has 1 heterocycles. The smallest absolute Gasteiger partial charge is 0.387 e. The van der Waals surface area contributed by atoms with E-state index in [1.807, 2.05) is 0 Å². The van der Waals surface area contributed by atoms with Gasteiger partial charge in [0, 0.05) is 37.8 Å². The number of guanidine groups is 1. The van der Waals surface area contributed by atoms with Crippen molar-refractivity contribution >= 4 is 5.96 Å². The number of likely N-dealkylation sites (tertiary alicyclic amines) is 1. The molecule has 1 aliphatic heterocycles. The number of halogens is 2. The number of ether oxygens (including phenoxy) is 1. The summed E-state index contributed by atoms with van der Waals surface area (Å²) in [6.07, 6.45) is 3.81. The van der Waals surface area contributed by atoms with Gasteiger partial charge in [0.1, 0.15) is 5.75 Å². The van der Waals surface area contributed by atoms with Gasteiger partial charge in [-0.25, -0.2) is 0 Å². The number of benzene rings is 1.